The molecule has 1 aliphatic rings. The van der Waals surface area contributed by atoms with Gasteiger partial charge in [-0.3, -0.25) is 4.79 Å². The molecule has 2 rings (SSSR count). The molecule has 0 spiro atoms. The third-order valence-electron chi connectivity index (χ3n) is 2.05. The summed E-state index contributed by atoms with van der Waals surface area (Å²) in [6.45, 7) is 0. The Balaban J connectivity index is 2.43. The van der Waals surface area contributed by atoms with Gasteiger partial charge in [-0.25, -0.2) is 0 Å². The molecule has 1 heterocycles. The summed E-state index contributed by atoms with van der Waals surface area (Å²) in [5.41, 5.74) is 1.85. The van der Waals surface area contributed by atoms with Crippen LogP contribution in [0.2, 0.25) is 0 Å². The zero-order valence-electron chi connectivity index (χ0n) is 7.04. The van der Waals surface area contributed by atoms with Gasteiger partial charge in [0.25, 0.3) is 0 Å². The average molecular weight is 172 g/mol. The van der Waals surface area contributed by atoms with Crippen LogP contribution >= 0.6 is 0 Å². The molecule has 0 aliphatic carbocycles. The highest BCUT2D eigenvalue weighted by atomic mass is 16.5. The number of benzene rings is 1. The summed E-state index contributed by atoms with van der Waals surface area (Å²) in [5.74, 6) is 3.03. The first-order valence-electron chi connectivity index (χ1n) is 4.10. The summed E-state index contributed by atoms with van der Waals surface area (Å²) in [6, 6.07) is 5.42. The zero-order valence-corrected chi connectivity index (χ0v) is 7.04. The van der Waals surface area contributed by atoms with Crippen LogP contribution in [0.4, 0.5) is 0 Å². The lowest BCUT2D eigenvalue weighted by atomic mass is 10.0. The summed E-state index contributed by atoms with van der Waals surface area (Å²) in [7, 11) is 0. The summed E-state index contributed by atoms with van der Waals surface area (Å²) >= 11 is 0. The summed E-state index contributed by atoms with van der Waals surface area (Å²) in [5, 5.41) is 0. The molecular formula is C11H8O2. The fraction of sp³-hybridized carbons (Fsp3) is 0.182. The number of terminal acetylenes is 1. The highest BCUT2D eigenvalue weighted by molar-refractivity contribution is 5.75. The maximum absolute atomic E-state index is 10.9. The molecule has 0 radical (unpaired) electrons. The average Bonchev–Trinajstić information content (AvgIpc) is 2.17. The molecule has 13 heavy (non-hydrogen) atoms. The van der Waals surface area contributed by atoms with E-state index in [4.69, 9.17) is 11.2 Å². The molecule has 0 atom stereocenters. The van der Waals surface area contributed by atoms with Crippen molar-refractivity contribution in [2.45, 2.75) is 12.8 Å². The van der Waals surface area contributed by atoms with Crippen LogP contribution in [-0.2, 0) is 11.2 Å². The number of esters is 1. The minimum Gasteiger partial charge on any atom is -0.426 e. The lowest BCUT2D eigenvalue weighted by molar-refractivity contribution is -0.135. The van der Waals surface area contributed by atoms with Crippen LogP contribution in [0.1, 0.15) is 17.5 Å². The van der Waals surface area contributed by atoms with E-state index in [2.05, 4.69) is 5.92 Å². The predicted molar refractivity (Wildman–Crippen MR) is 48.3 cm³/mol. The van der Waals surface area contributed by atoms with Crippen molar-refractivity contribution >= 4 is 5.97 Å². The second kappa shape index (κ2) is 2.95. The van der Waals surface area contributed by atoms with Gasteiger partial charge in [0.2, 0.25) is 0 Å². The van der Waals surface area contributed by atoms with E-state index in [1.807, 2.05) is 6.07 Å². The van der Waals surface area contributed by atoms with Gasteiger partial charge < -0.3 is 4.74 Å². The fourth-order valence-corrected chi connectivity index (χ4v) is 1.37. The predicted octanol–water partition coefficient (Wildman–Crippen LogP) is 1.52. The van der Waals surface area contributed by atoms with Gasteiger partial charge in [-0.2, -0.15) is 0 Å². The zero-order chi connectivity index (χ0) is 9.26. The molecule has 1 aromatic rings. The van der Waals surface area contributed by atoms with Crippen LogP contribution < -0.4 is 4.74 Å². The molecule has 0 bridgehead atoms. The van der Waals surface area contributed by atoms with Gasteiger partial charge in [0, 0.05) is 5.56 Å². The van der Waals surface area contributed by atoms with E-state index in [0.29, 0.717) is 12.2 Å². The van der Waals surface area contributed by atoms with Crippen LogP contribution in [0, 0.1) is 12.3 Å². The van der Waals surface area contributed by atoms with E-state index >= 15 is 0 Å². The molecule has 0 N–H and O–H groups in total. The monoisotopic (exact) mass is 172 g/mol. The summed E-state index contributed by atoms with van der Waals surface area (Å²) in [6.07, 6.45) is 6.42. The van der Waals surface area contributed by atoms with Crippen molar-refractivity contribution in [1.29, 1.82) is 0 Å². The molecule has 2 nitrogen and oxygen atoms in total. The van der Waals surface area contributed by atoms with Gasteiger partial charge in [0.05, 0.1) is 6.42 Å². The van der Waals surface area contributed by atoms with Crippen molar-refractivity contribution in [3.05, 3.63) is 29.3 Å². The second-order valence-electron chi connectivity index (χ2n) is 2.94. The van der Waals surface area contributed by atoms with Crippen molar-refractivity contribution in [1.82, 2.24) is 0 Å². The summed E-state index contributed by atoms with van der Waals surface area (Å²) < 4.78 is 5.02. The van der Waals surface area contributed by atoms with Crippen molar-refractivity contribution in [2.24, 2.45) is 0 Å². The van der Waals surface area contributed by atoms with Gasteiger partial charge in [-0.15, -0.1) is 6.42 Å². The molecule has 0 amide bonds. The summed E-state index contributed by atoms with van der Waals surface area (Å²) in [4.78, 5) is 10.9. The standard InChI is InChI=1S/C11H8O2/c1-2-8-3-5-10-9(7-8)4-6-11(12)13-10/h1,3,5,7H,4,6H2. The molecule has 2 heteroatoms. The molecule has 0 saturated heterocycles. The smallest absolute Gasteiger partial charge is 0.311 e. The number of carbonyl (C=O) groups excluding carboxylic acids is 1. The van der Waals surface area contributed by atoms with E-state index in [0.717, 1.165) is 17.5 Å². The highest BCUT2D eigenvalue weighted by Gasteiger charge is 2.16. The highest BCUT2D eigenvalue weighted by Crippen LogP contribution is 2.25. The van der Waals surface area contributed by atoms with Crippen LogP contribution in [0.15, 0.2) is 18.2 Å². The van der Waals surface area contributed by atoms with Gasteiger partial charge >= 0.3 is 5.97 Å². The largest absolute Gasteiger partial charge is 0.426 e. The van der Waals surface area contributed by atoms with Crippen LogP contribution in [0.3, 0.4) is 0 Å². The number of ether oxygens (including phenoxy) is 1. The van der Waals surface area contributed by atoms with Crippen molar-refractivity contribution in [3.63, 3.8) is 0 Å². The van der Waals surface area contributed by atoms with Crippen LogP contribution in [-0.4, -0.2) is 5.97 Å². The SMILES string of the molecule is C#Cc1ccc2c(c1)CCC(=O)O2. The van der Waals surface area contributed by atoms with Crippen LogP contribution in [0.25, 0.3) is 0 Å². The first kappa shape index (κ1) is 7.88. The van der Waals surface area contributed by atoms with E-state index in [1.54, 1.807) is 12.1 Å². The molecule has 0 saturated carbocycles. The second-order valence-corrected chi connectivity index (χ2v) is 2.94. The Labute approximate surface area is 76.5 Å². The lowest BCUT2D eigenvalue weighted by Crippen LogP contribution is -2.15. The van der Waals surface area contributed by atoms with E-state index in [1.165, 1.54) is 0 Å². The molecular weight excluding hydrogens is 164 g/mol. The first-order chi connectivity index (χ1) is 6.29. The topological polar surface area (TPSA) is 26.3 Å². The third-order valence-corrected chi connectivity index (χ3v) is 2.05. The third kappa shape index (κ3) is 1.41. The van der Waals surface area contributed by atoms with Crippen molar-refractivity contribution in [2.75, 3.05) is 0 Å². The van der Waals surface area contributed by atoms with Crippen molar-refractivity contribution in [3.8, 4) is 18.1 Å². The normalized spacial score (nSPS) is 14.2. The van der Waals surface area contributed by atoms with Crippen molar-refractivity contribution < 1.29 is 9.53 Å². The minimum atomic E-state index is -0.166. The number of fused-ring (bicyclic) bond motifs is 1. The Morgan fingerprint density at radius 2 is 2.23 bits per heavy atom. The molecule has 64 valence electrons. The number of hydrogen-bond donors (Lipinski definition) is 0. The van der Waals surface area contributed by atoms with E-state index in [-0.39, 0.29) is 5.97 Å². The van der Waals surface area contributed by atoms with Gasteiger partial charge in [0.15, 0.2) is 0 Å². The Morgan fingerprint density at radius 1 is 1.38 bits per heavy atom. The molecule has 1 aromatic carbocycles. The number of carbonyl (C=O) groups is 1. The molecule has 0 fully saturated rings. The fourth-order valence-electron chi connectivity index (χ4n) is 1.37. The van der Waals surface area contributed by atoms with E-state index in [9.17, 15) is 4.79 Å². The maximum atomic E-state index is 10.9. The maximum Gasteiger partial charge on any atom is 0.311 e. The van der Waals surface area contributed by atoms with Gasteiger partial charge in [-0.1, -0.05) is 5.92 Å². The van der Waals surface area contributed by atoms with Gasteiger partial charge in [0.1, 0.15) is 5.75 Å². The minimum absolute atomic E-state index is 0.166. The Morgan fingerprint density at radius 3 is 3.00 bits per heavy atom. The quantitative estimate of drug-likeness (QED) is 0.337. The first-order valence-corrected chi connectivity index (χ1v) is 4.10. The number of rotatable bonds is 0. The number of hydrogen-bond acceptors (Lipinski definition) is 2. The Bertz CT molecular complexity index is 399. The Hall–Kier alpha value is -1.75. The lowest BCUT2D eigenvalue weighted by Gasteiger charge is -2.14. The van der Waals surface area contributed by atoms with E-state index < -0.39 is 0 Å². The van der Waals surface area contributed by atoms with Gasteiger partial charge in [-0.05, 0) is 30.2 Å². The number of aryl methyl sites for hydroxylation is 1. The Kier molecular flexibility index (Phi) is 1.79. The van der Waals surface area contributed by atoms with Crippen LogP contribution in [0.5, 0.6) is 5.75 Å². The molecule has 0 aromatic heterocycles. The molecule has 0 unspecified atom stereocenters. The molecule has 1 aliphatic heterocycles.